The Morgan fingerprint density at radius 2 is 2.12 bits per heavy atom. The van der Waals surface area contributed by atoms with Gasteiger partial charge in [-0.1, -0.05) is 6.07 Å². The monoisotopic (exact) mass is 227 g/mol. The first-order valence-corrected chi connectivity index (χ1v) is 5.81. The number of hydrogen-bond donors (Lipinski definition) is 1. The van der Waals surface area contributed by atoms with Gasteiger partial charge >= 0.3 is 0 Å². The van der Waals surface area contributed by atoms with Crippen LogP contribution < -0.4 is 5.32 Å². The van der Waals surface area contributed by atoms with Gasteiger partial charge < -0.3 is 5.32 Å². The second-order valence-corrected chi connectivity index (χ2v) is 4.16. The van der Waals surface area contributed by atoms with Crippen LogP contribution in [-0.4, -0.2) is 9.97 Å². The van der Waals surface area contributed by atoms with Crippen molar-refractivity contribution in [2.45, 2.75) is 26.4 Å². The van der Waals surface area contributed by atoms with Gasteiger partial charge in [-0.3, -0.25) is 9.97 Å². The molecule has 1 unspecified atom stereocenters. The molecule has 88 valence electrons. The molecule has 2 rings (SSSR count). The molecule has 0 bridgehead atoms. The normalized spacial score (nSPS) is 12.4. The third-order valence-corrected chi connectivity index (χ3v) is 2.87. The Morgan fingerprint density at radius 1 is 1.24 bits per heavy atom. The molecule has 0 saturated heterocycles. The quantitative estimate of drug-likeness (QED) is 0.872. The Morgan fingerprint density at radius 3 is 2.82 bits per heavy atom. The van der Waals surface area contributed by atoms with Crippen LogP contribution in [0.3, 0.4) is 0 Å². The van der Waals surface area contributed by atoms with Gasteiger partial charge in [0.1, 0.15) is 0 Å². The Labute approximate surface area is 102 Å². The minimum absolute atomic E-state index is 0.253. The first kappa shape index (κ1) is 11.7. The summed E-state index contributed by atoms with van der Waals surface area (Å²) < 4.78 is 0. The molecule has 0 spiro atoms. The molecule has 0 fully saturated rings. The molecule has 0 aromatic carbocycles. The second kappa shape index (κ2) is 5.55. The molecular formula is C14H17N3. The highest BCUT2D eigenvalue weighted by Gasteiger charge is 2.06. The lowest BCUT2D eigenvalue weighted by atomic mass is 10.1. The molecule has 17 heavy (non-hydrogen) atoms. The molecule has 0 aliphatic heterocycles. The smallest absolute Gasteiger partial charge is 0.0570 e. The van der Waals surface area contributed by atoms with E-state index < -0.39 is 0 Å². The lowest BCUT2D eigenvalue weighted by Gasteiger charge is -2.14. The van der Waals surface area contributed by atoms with Crippen LogP contribution in [0.15, 0.2) is 42.9 Å². The Bertz CT molecular complexity index is 468. The predicted octanol–water partition coefficient (Wildman–Crippen LogP) is 2.64. The van der Waals surface area contributed by atoms with Crippen LogP contribution in [0.4, 0.5) is 0 Å². The van der Waals surface area contributed by atoms with E-state index in [1.165, 1.54) is 11.1 Å². The largest absolute Gasteiger partial charge is 0.305 e. The number of aryl methyl sites for hydroxylation is 1. The van der Waals surface area contributed by atoms with Gasteiger partial charge in [0.25, 0.3) is 0 Å². The summed E-state index contributed by atoms with van der Waals surface area (Å²) in [5.41, 5.74) is 3.57. The molecule has 0 aliphatic rings. The molecule has 2 heterocycles. The van der Waals surface area contributed by atoms with Crippen LogP contribution in [0.1, 0.15) is 29.8 Å². The molecule has 2 aromatic rings. The van der Waals surface area contributed by atoms with Crippen molar-refractivity contribution in [3.8, 4) is 0 Å². The minimum atomic E-state index is 0.253. The molecule has 2 aromatic heterocycles. The van der Waals surface area contributed by atoms with E-state index in [1.54, 1.807) is 0 Å². The molecule has 3 nitrogen and oxygen atoms in total. The maximum atomic E-state index is 4.34. The summed E-state index contributed by atoms with van der Waals surface area (Å²) in [6, 6.07) is 8.29. The molecular weight excluding hydrogens is 210 g/mol. The molecule has 0 aliphatic carbocycles. The topological polar surface area (TPSA) is 37.8 Å². The maximum Gasteiger partial charge on any atom is 0.0570 e. The summed E-state index contributed by atoms with van der Waals surface area (Å²) in [5, 5.41) is 3.47. The van der Waals surface area contributed by atoms with Gasteiger partial charge in [0.2, 0.25) is 0 Å². The van der Waals surface area contributed by atoms with Crippen LogP contribution >= 0.6 is 0 Å². The second-order valence-electron chi connectivity index (χ2n) is 4.16. The van der Waals surface area contributed by atoms with Crippen LogP contribution in [0.25, 0.3) is 0 Å². The Hall–Kier alpha value is -1.74. The summed E-state index contributed by atoms with van der Waals surface area (Å²) in [6.45, 7) is 5.04. The van der Waals surface area contributed by atoms with E-state index in [0.717, 1.165) is 12.2 Å². The first-order valence-electron chi connectivity index (χ1n) is 5.81. The Balaban J connectivity index is 1.97. The summed E-state index contributed by atoms with van der Waals surface area (Å²) in [4.78, 5) is 8.43. The number of nitrogens with zero attached hydrogens (tertiary/aromatic N) is 2. The van der Waals surface area contributed by atoms with Crippen molar-refractivity contribution in [2.75, 3.05) is 0 Å². The summed E-state index contributed by atoms with van der Waals surface area (Å²) in [5.74, 6) is 0. The van der Waals surface area contributed by atoms with Crippen LogP contribution in [0.5, 0.6) is 0 Å². The highest BCUT2D eigenvalue weighted by atomic mass is 14.9. The zero-order valence-corrected chi connectivity index (χ0v) is 10.2. The third kappa shape index (κ3) is 3.11. The van der Waals surface area contributed by atoms with E-state index in [2.05, 4.69) is 29.1 Å². The van der Waals surface area contributed by atoms with Crippen molar-refractivity contribution in [1.82, 2.24) is 15.3 Å². The first-order chi connectivity index (χ1) is 8.27. The molecule has 0 amide bonds. The number of aromatic nitrogens is 2. The maximum absolute atomic E-state index is 4.34. The molecule has 0 radical (unpaired) electrons. The molecule has 1 N–H and O–H groups in total. The van der Waals surface area contributed by atoms with Crippen molar-refractivity contribution < 1.29 is 0 Å². The van der Waals surface area contributed by atoms with Crippen molar-refractivity contribution in [2.24, 2.45) is 0 Å². The standard InChI is InChI=1S/C14H17N3/c1-11-9-15-8-6-13(11)10-17-12(2)14-5-3-4-7-16-14/h3-9,12,17H,10H2,1-2H3. The van der Waals surface area contributed by atoms with E-state index in [4.69, 9.17) is 0 Å². The van der Waals surface area contributed by atoms with E-state index in [9.17, 15) is 0 Å². The lowest BCUT2D eigenvalue weighted by molar-refractivity contribution is 0.560. The third-order valence-electron chi connectivity index (χ3n) is 2.87. The van der Waals surface area contributed by atoms with Crippen LogP contribution in [0, 0.1) is 6.92 Å². The number of hydrogen-bond acceptors (Lipinski definition) is 3. The number of rotatable bonds is 4. The number of pyridine rings is 2. The van der Waals surface area contributed by atoms with Gasteiger partial charge in [-0.05, 0) is 43.2 Å². The fourth-order valence-corrected chi connectivity index (χ4v) is 1.70. The zero-order valence-electron chi connectivity index (χ0n) is 10.2. The van der Waals surface area contributed by atoms with Crippen LogP contribution in [-0.2, 0) is 6.54 Å². The van der Waals surface area contributed by atoms with Gasteiger partial charge in [0.05, 0.1) is 5.69 Å². The van der Waals surface area contributed by atoms with Gasteiger partial charge in [0.15, 0.2) is 0 Å². The lowest BCUT2D eigenvalue weighted by Crippen LogP contribution is -2.19. The van der Waals surface area contributed by atoms with Gasteiger partial charge in [-0.2, -0.15) is 0 Å². The van der Waals surface area contributed by atoms with E-state index >= 15 is 0 Å². The fraction of sp³-hybridized carbons (Fsp3) is 0.286. The highest BCUT2D eigenvalue weighted by molar-refractivity contribution is 5.21. The van der Waals surface area contributed by atoms with Crippen molar-refractivity contribution in [3.05, 3.63) is 59.7 Å². The van der Waals surface area contributed by atoms with E-state index in [0.29, 0.717) is 0 Å². The van der Waals surface area contributed by atoms with Crippen molar-refractivity contribution in [3.63, 3.8) is 0 Å². The molecule has 3 heteroatoms. The van der Waals surface area contributed by atoms with Crippen LogP contribution in [0.2, 0.25) is 0 Å². The van der Waals surface area contributed by atoms with E-state index in [-0.39, 0.29) is 6.04 Å². The minimum Gasteiger partial charge on any atom is -0.305 e. The fourth-order valence-electron chi connectivity index (χ4n) is 1.70. The molecule has 0 saturated carbocycles. The summed E-state index contributed by atoms with van der Waals surface area (Å²) in [7, 11) is 0. The van der Waals surface area contributed by atoms with Crippen molar-refractivity contribution in [1.29, 1.82) is 0 Å². The number of nitrogens with one attached hydrogen (secondary N) is 1. The summed E-state index contributed by atoms with van der Waals surface area (Å²) in [6.07, 6.45) is 5.54. The van der Waals surface area contributed by atoms with Gasteiger partial charge in [-0.15, -0.1) is 0 Å². The van der Waals surface area contributed by atoms with E-state index in [1.807, 2.05) is 42.9 Å². The summed E-state index contributed by atoms with van der Waals surface area (Å²) >= 11 is 0. The average Bonchev–Trinajstić information content (AvgIpc) is 2.38. The van der Waals surface area contributed by atoms with Gasteiger partial charge in [0, 0.05) is 31.2 Å². The zero-order chi connectivity index (χ0) is 12.1. The average molecular weight is 227 g/mol. The van der Waals surface area contributed by atoms with Gasteiger partial charge in [-0.25, -0.2) is 0 Å². The van der Waals surface area contributed by atoms with Crippen molar-refractivity contribution >= 4 is 0 Å². The Kier molecular flexibility index (Phi) is 3.83. The predicted molar refractivity (Wildman–Crippen MR) is 68.5 cm³/mol. The SMILES string of the molecule is Cc1cnccc1CNC(C)c1ccccn1. The highest BCUT2D eigenvalue weighted by Crippen LogP contribution is 2.11. The molecule has 1 atom stereocenters.